The summed E-state index contributed by atoms with van der Waals surface area (Å²) in [4.78, 5) is 21.9. The third-order valence-corrected chi connectivity index (χ3v) is 4.87. The van der Waals surface area contributed by atoms with Crippen molar-refractivity contribution >= 4 is 17.2 Å². The highest BCUT2D eigenvalue weighted by molar-refractivity contribution is 7.10. The monoisotopic (exact) mass is 370 g/mol. The first kappa shape index (κ1) is 18.3. The van der Waals surface area contributed by atoms with Gasteiger partial charge in [-0.3, -0.25) is 9.78 Å². The van der Waals surface area contributed by atoms with E-state index in [0.29, 0.717) is 30.5 Å². The van der Waals surface area contributed by atoms with Crippen molar-refractivity contribution < 1.29 is 9.32 Å². The van der Waals surface area contributed by atoms with Gasteiger partial charge in [-0.05, 0) is 35.9 Å². The van der Waals surface area contributed by atoms with E-state index in [-0.39, 0.29) is 11.9 Å². The van der Waals surface area contributed by atoms with Crippen LogP contribution in [0.1, 0.15) is 43.5 Å². The van der Waals surface area contributed by atoms with E-state index in [0.717, 1.165) is 12.0 Å². The lowest BCUT2D eigenvalue weighted by Gasteiger charge is -2.19. The predicted octanol–water partition coefficient (Wildman–Crippen LogP) is 4.03. The van der Waals surface area contributed by atoms with E-state index in [4.69, 9.17) is 4.52 Å². The third kappa shape index (κ3) is 4.98. The first-order valence-electron chi connectivity index (χ1n) is 8.67. The van der Waals surface area contributed by atoms with Crippen LogP contribution < -0.4 is 5.32 Å². The normalized spacial score (nSPS) is 12.3. The van der Waals surface area contributed by atoms with Gasteiger partial charge in [-0.1, -0.05) is 25.1 Å². The Balaban J connectivity index is 1.56. The van der Waals surface area contributed by atoms with Crippen LogP contribution in [0, 0.1) is 5.92 Å². The quantitative estimate of drug-likeness (QED) is 0.647. The second kappa shape index (κ2) is 8.71. The number of nitrogens with one attached hydrogen (secondary N) is 1. The van der Waals surface area contributed by atoms with E-state index in [1.54, 1.807) is 23.7 Å². The van der Waals surface area contributed by atoms with E-state index in [2.05, 4.69) is 40.4 Å². The summed E-state index contributed by atoms with van der Waals surface area (Å²) in [6, 6.07) is 7.81. The molecule has 0 unspecified atom stereocenters. The third-order valence-electron chi connectivity index (χ3n) is 3.88. The van der Waals surface area contributed by atoms with Crippen molar-refractivity contribution in [2.24, 2.45) is 5.92 Å². The molecule has 26 heavy (non-hydrogen) atoms. The van der Waals surface area contributed by atoms with Gasteiger partial charge in [0.25, 0.3) is 0 Å². The van der Waals surface area contributed by atoms with E-state index < -0.39 is 0 Å². The molecule has 136 valence electrons. The molecule has 1 amide bonds. The molecule has 0 aromatic carbocycles. The summed E-state index contributed by atoms with van der Waals surface area (Å²) in [6.07, 6.45) is 5.01. The van der Waals surface area contributed by atoms with Gasteiger partial charge in [0.2, 0.25) is 17.6 Å². The van der Waals surface area contributed by atoms with Crippen molar-refractivity contribution in [3.63, 3.8) is 0 Å². The SMILES string of the molecule is CC(C)C[C@H](NC(=O)CCc1nc(-c2cccnc2)no1)c1cccs1. The lowest BCUT2D eigenvalue weighted by atomic mass is 10.0. The summed E-state index contributed by atoms with van der Waals surface area (Å²) < 4.78 is 5.24. The highest BCUT2D eigenvalue weighted by Crippen LogP contribution is 2.25. The average molecular weight is 370 g/mol. The van der Waals surface area contributed by atoms with E-state index >= 15 is 0 Å². The minimum atomic E-state index is -0.00909. The fourth-order valence-corrected chi connectivity index (χ4v) is 3.45. The molecule has 0 aliphatic heterocycles. The number of hydrogen-bond donors (Lipinski definition) is 1. The summed E-state index contributed by atoms with van der Waals surface area (Å²) in [5, 5.41) is 9.12. The zero-order valence-corrected chi connectivity index (χ0v) is 15.7. The summed E-state index contributed by atoms with van der Waals surface area (Å²) in [5.74, 6) is 1.44. The first-order chi connectivity index (χ1) is 12.6. The van der Waals surface area contributed by atoms with Gasteiger partial charge in [0.15, 0.2) is 0 Å². The number of aryl methyl sites for hydroxylation is 1. The zero-order chi connectivity index (χ0) is 18.4. The second-order valence-corrected chi connectivity index (χ2v) is 7.50. The van der Waals surface area contributed by atoms with Gasteiger partial charge in [0, 0.05) is 35.7 Å². The van der Waals surface area contributed by atoms with Gasteiger partial charge in [-0.25, -0.2) is 0 Å². The number of hydrogen-bond acceptors (Lipinski definition) is 6. The van der Waals surface area contributed by atoms with Crippen LogP contribution in [0.25, 0.3) is 11.4 Å². The topological polar surface area (TPSA) is 80.9 Å². The fourth-order valence-electron chi connectivity index (χ4n) is 2.66. The summed E-state index contributed by atoms with van der Waals surface area (Å²) in [6.45, 7) is 4.32. The molecule has 3 aromatic rings. The van der Waals surface area contributed by atoms with Crippen molar-refractivity contribution in [1.29, 1.82) is 0 Å². The summed E-state index contributed by atoms with van der Waals surface area (Å²) in [7, 11) is 0. The molecule has 6 nitrogen and oxygen atoms in total. The number of rotatable bonds is 8. The Labute approximate surface area is 156 Å². The molecule has 3 heterocycles. The zero-order valence-electron chi connectivity index (χ0n) is 14.9. The lowest BCUT2D eigenvalue weighted by Crippen LogP contribution is -2.29. The molecule has 0 aliphatic carbocycles. The molecule has 0 bridgehead atoms. The summed E-state index contributed by atoms with van der Waals surface area (Å²) >= 11 is 1.67. The molecular formula is C19H22N4O2S. The molecule has 0 saturated heterocycles. The number of amides is 1. The van der Waals surface area contributed by atoms with Crippen molar-refractivity contribution in [2.45, 2.75) is 39.2 Å². The maximum absolute atomic E-state index is 12.4. The van der Waals surface area contributed by atoms with Crippen LogP contribution in [0.4, 0.5) is 0 Å². The van der Waals surface area contributed by atoms with Gasteiger partial charge in [-0.2, -0.15) is 4.98 Å². The maximum atomic E-state index is 12.4. The number of carbonyl (C=O) groups excluding carboxylic acids is 1. The number of carbonyl (C=O) groups is 1. The van der Waals surface area contributed by atoms with Crippen LogP contribution >= 0.6 is 11.3 Å². The van der Waals surface area contributed by atoms with Crippen LogP contribution in [-0.4, -0.2) is 21.0 Å². The smallest absolute Gasteiger partial charge is 0.227 e. The van der Waals surface area contributed by atoms with Crippen molar-refractivity contribution in [3.8, 4) is 11.4 Å². The molecule has 0 aliphatic rings. The Kier molecular flexibility index (Phi) is 6.12. The molecule has 0 radical (unpaired) electrons. The lowest BCUT2D eigenvalue weighted by molar-refractivity contribution is -0.122. The molecule has 0 fully saturated rings. The molecule has 7 heteroatoms. The van der Waals surface area contributed by atoms with Gasteiger partial charge in [-0.15, -0.1) is 11.3 Å². The molecule has 0 spiro atoms. The first-order valence-corrected chi connectivity index (χ1v) is 9.55. The Morgan fingerprint density at radius 3 is 2.88 bits per heavy atom. The van der Waals surface area contributed by atoms with Crippen LogP contribution in [0.2, 0.25) is 0 Å². The number of aromatic nitrogens is 3. The van der Waals surface area contributed by atoms with E-state index in [1.807, 2.05) is 23.6 Å². The van der Waals surface area contributed by atoms with Crippen LogP contribution in [0.5, 0.6) is 0 Å². The standard InChI is InChI=1S/C19H22N4O2S/c1-13(2)11-15(16-6-4-10-26-16)21-17(24)7-8-18-22-19(23-25-18)14-5-3-9-20-12-14/h3-6,9-10,12-13,15H,7-8,11H2,1-2H3,(H,21,24)/t15-/m0/s1. The average Bonchev–Trinajstić information content (AvgIpc) is 3.32. The van der Waals surface area contributed by atoms with Crippen molar-refractivity contribution in [1.82, 2.24) is 20.4 Å². The van der Waals surface area contributed by atoms with Crippen LogP contribution in [-0.2, 0) is 11.2 Å². The molecule has 3 rings (SSSR count). The van der Waals surface area contributed by atoms with Crippen molar-refractivity contribution in [2.75, 3.05) is 0 Å². The Bertz CT molecular complexity index is 815. The molecular weight excluding hydrogens is 348 g/mol. The highest BCUT2D eigenvalue weighted by atomic mass is 32.1. The largest absolute Gasteiger partial charge is 0.348 e. The number of nitrogens with zero attached hydrogens (tertiary/aromatic N) is 3. The van der Waals surface area contributed by atoms with Crippen molar-refractivity contribution in [3.05, 3.63) is 52.8 Å². The van der Waals surface area contributed by atoms with Gasteiger partial charge >= 0.3 is 0 Å². The molecule has 1 N–H and O–H groups in total. The fraction of sp³-hybridized carbons (Fsp3) is 0.368. The molecule has 3 aromatic heterocycles. The number of thiophene rings is 1. The molecule has 0 saturated carbocycles. The Hall–Kier alpha value is -2.54. The minimum absolute atomic E-state index is 0.00909. The molecule has 1 atom stereocenters. The highest BCUT2D eigenvalue weighted by Gasteiger charge is 2.18. The van der Waals surface area contributed by atoms with Gasteiger partial charge in [0.05, 0.1) is 6.04 Å². The maximum Gasteiger partial charge on any atom is 0.227 e. The summed E-state index contributed by atoms with van der Waals surface area (Å²) in [5.41, 5.74) is 0.793. The van der Waals surface area contributed by atoms with Crippen LogP contribution in [0.15, 0.2) is 46.6 Å². The van der Waals surface area contributed by atoms with E-state index in [1.165, 1.54) is 4.88 Å². The van der Waals surface area contributed by atoms with Gasteiger partial charge < -0.3 is 9.84 Å². The van der Waals surface area contributed by atoms with E-state index in [9.17, 15) is 4.79 Å². The Morgan fingerprint density at radius 2 is 2.19 bits per heavy atom. The van der Waals surface area contributed by atoms with Crippen LogP contribution in [0.3, 0.4) is 0 Å². The van der Waals surface area contributed by atoms with Gasteiger partial charge in [0.1, 0.15) is 0 Å². The second-order valence-electron chi connectivity index (χ2n) is 6.52. The Morgan fingerprint density at radius 1 is 1.31 bits per heavy atom. The predicted molar refractivity (Wildman–Crippen MR) is 101 cm³/mol. The minimum Gasteiger partial charge on any atom is -0.348 e. The number of pyridine rings is 1.